The maximum Gasteiger partial charge on any atom is 0.243 e. The average Bonchev–Trinajstić information content (AvgIpc) is 3.24. The van der Waals surface area contributed by atoms with Gasteiger partial charge in [-0.25, -0.2) is 4.98 Å². The number of nitrogens with one attached hydrogen (secondary N) is 1. The molecule has 2 N–H and O–H groups in total. The summed E-state index contributed by atoms with van der Waals surface area (Å²) in [5, 5.41) is 12.9. The number of aliphatic hydroxyl groups is 1. The van der Waals surface area contributed by atoms with E-state index < -0.39 is 12.1 Å². The van der Waals surface area contributed by atoms with E-state index in [1.807, 2.05) is 57.5 Å². The number of benzene rings is 1. The Morgan fingerprint density at radius 3 is 2.55 bits per heavy atom. The van der Waals surface area contributed by atoms with Crippen LogP contribution in [0.5, 0.6) is 0 Å². The summed E-state index contributed by atoms with van der Waals surface area (Å²) in [7, 11) is 0. The Hall–Kier alpha value is -2.25. The normalized spacial score (nSPS) is 19.4. The van der Waals surface area contributed by atoms with Crippen LogP contribution in [0.25, 0.3) is 10.4 Å². The summed E-state index contributed by atoms with van der Waals surface area (Å²) in [5.41, 5.74) is 4.77. The number of likely N-dealkylation sites (tertiary alicyclic amines) is 1. The SMILES string of the molecule is Cc1ncsc1-c1ccc(CNC(=O)[C@H]2CC(O)CN2C(=O)CC(C)(C)C)cc1. The molecule has 1 saturated heterocycles. The van der Waals surface area contributed by atoms with Gasteiger partial charge in [0, 0.05) is 25.9 Å². The van der Waals surface area contributed by atoms with Crippen molar-refractivity contribution in [2.45, 2.75) is 59.2 Å². The number of aromatic nitrogens is 1. The van der Waals surface area contributed by atoms with E-state index in [4.69, 9.17) is 0 Å². The van der Waals surface area contributed by atoms with Crippen molar-refractivity contribution in [3.63, 3.8) is 0 Å². The van der Waals surface area contributed by atoms with Gasteiger partial charge in [-0.2, -0.15) is 0 Å². The summed E-state index contributed by atoms with van der Waals surface area (Å²) in [5.74, 6) is -0.301. The van der Waals surface area contributed by atoms with Crippen LogP contribution >= 0.6 is 11.3 Å². The van der Waals surface area contributed by atoms with Crippen molar-refractivity contribution in [3.05, 3.63) is 41.0 Å². The molecule has 3 rings (SSSR count). The van der Waals surface area contributed by atoms with Crippen LogP contribution in [0, 0.1) is 12.3 Å². The maximum absolute atomic E-state index is 12.7. The highest BCUT2D eigenvalue weighted by molar-refractivity contribution is 7.13. The number of thiazole rings is 1. The van der Waals surface area contributed by atoms with E-state index in [0.29, 0.717) is 13.0 Å². The Morgan fingerprint density at radius 1 is 1.28 bits per heavy atom. The quantitative estimate of drug-likeness (QED) is 0.786. The van der Waals surface area contributed by atoms with Gasteiger partial charge in [0.15, 0.2) is 0 Å². The number of aliphatic hydroxyl groups excluding tert-OH is 1. The smallest absolute Gasteiger partial charge is 0.243 e. The number of hydrogen-bond acceptors (Lipinski definition) is 5. The van der Waals surface area contributed by atoms with Gasteiger partial charge in [-0.1, -0.05) is 45.0 Å². The third-order valence-corrected chi connectivity index (χ3v) is 5.99. The predicted molar refractivity (Wildman–Crippen MR) is 114 cm³/mol. The molecule has 1 aromatic heterocycles. The predicted octanol–water partition coefficient (Wildman–Crippen LogP) is 3.13. The summed E-state index contributed by atoms with van der Waals surface area (Å²) in [6.45, 7) is 8.56. The number of β-amino-alcohol motifs (C(OH)–C–C–N with tert-alkyl or cyclic N) is 1. The zero-order valence-corrected chi connectivity index (χ0v) is 18.3. The maximum atomic E-state index is 12.7. The molecule has 156 valence electrons. The molecule has 1 unspecified atom stereocenters. The molecule has 0 radical (unpaired) electrons. The number of rotatable bonds is 5. The number of nitrogens with zero attached hydrogens (tertiary/aromatic N) is 2. The lowest BCUT2D eigenvalue weighted by molar-refractivity contribution is -0.140. The second-order valence-corrected chi connectivity index (χ2v) is 9.73. The lowest BCUT2D eigenvalue weighted by atomic mass is 9.91. The first-order chi connectivity index (χ1) is 13.6. The van der Waals surface area contributed by atoms with E-state index in [1.165, 1.54) is 4.90 Å². The van der Waals surface area contributed by atoms with Crippen LogP contribution in [0.3, 0.4) is 0 Å². The third kappa shape index (κ3) is 5.42. The van der Waals surface area contributed by atoms with Gasteiger partial charge in [0.1, 0.15) is 6.04 Å². The van der Waals surface area contributed by atoms with Gasteiger partial charge in [-0.3, -0.25) is 9.59 Å². The van der Waals surface area contributed by atoms with Crippen LogP contribution in [-0.2, 0) is 16.1 Å². The third-order valence-electron chi connectivity index (χ3n) is 5.01. The fraction of sp³-hybridized carbons (Fsp3) is 0.500. The summed E-state index contributed by atoms with van der Waals surface area (Å²) in [4.78, 5) is 32.3. The molecule has 29 heavy (non-hydrogen) atoms. The fourth-order valence-electron chi connectivity index (χ4n) is 3.55. The Morgan fingerprint density at radius 2 is 1.97 bits per heavy atom. The van der Waals surface area contributed by atoms with Gasteiger partial charge in [0.25, 0.3) is 0 Å². The van der Waals surface area contributed by atoms with Crippen molar-refractivity contribution in [1.82, 2.24) is 15.2 Å². The van der Waals surface area contributed by atoms with Gasteiger partial charge in [0.2, 0.25) is 11.8 Å². The second kappa shape index (κ2) is 8.63. The lowest BCUT2D eigenvalue weighted by Gasteiger charge is -2.27. The molecule has 2 aromatic rings. The van der Waals surface area contributed by atoms with Crippen LogP contribution in [0.4, 0.5) is 0 Å². The summed E-state index contributed by atoms with van der Waals surface area (Å²) < 4.78 is 0. The first kappa shape index (κ1) is 21.5. The van der Waals surface area contributed by atoms with Gasteiger partial charge in [-0.15, -0.1) is 11.3 Å². The van der Waals surface area contributed by atoms with Crippen LogP contribution in [0.2, 0.25) is 0 Å². The van der Waals surface area contributed by atoms with E-state index in [0.717, 1.165) is 21.7 Å². The monoisotopic (exact) mass is 415 g/mol. The second-order valence-electron chi connectivity index (χ2n) is 8.87. The van der Waals surface area contributed by atoms with Crippen LogP contribution < -0.4 is 5.32 Å². The first-order valence-electron chi connectivity index (χ1n) is 9.89. The number of carbonyl (C=O) groups excluding carboxylic acids is 2. The molecule has 2 heterocycles. The van der Waals surface area contributed by atoms with E-state index in [1.54, 1.807) is 11.3 Å². The number of carbonyl (C=O) groups is 2. The highest BCUT2D eigenvalue weighted by atomic mass is 32.1. The Kier molecular flexibility index (Phi) is 6.39. The molecule has 6 nitrogen and oxygen atoms in total. The molecule has 0 saturated carbocycles. The zero-order chi connectivity index (χ0) is 21.2. The summed E-state index contributed by atoms with van der Waals surface area (Å²) in [6.07, 6.45) is -0.0237. The Bertz CT molecular complexity index is 870. The van der Waals surface area contributed by atoms with Crippen molar-refractivity contribution in [1.29, 1.82) is 0 Å². The lowest BCUT2D eigenvalue weighted by Crippen LogP contribution is -2.46. The molecule has 1 fully saturated rings. The largest absolute Gasteiger partial charge is 0.391 e. The molecule has 1 aromatic carbocycles. The Balaban J connectivity index is 1.60. The van der Waals surface area contributed by atoms with Gasteiger partial charge < -0.3 is 15.3 Å². The topological polar surface area (TPSA) is 82.5 Å². The molecule has 1 aliphatic rings. The molecular formula is C22H29N3O3S. The number of aryl methyl sites for hydroxylation is 1. The van der Waals surface area contributed by atoms with Gasteiger partial charge >= 0.3 is 0 Å². The highest BCUT2D eigenvalue weighted by Gasteiger charge is 2.39. The molecule has 1 aliphatic heterocycles. The van der Waals surface area contributed by atoms with E-state index in [-0.39, 0.29) is 30.2 Å². The average molecular weight is 416 g/mol. The molecule has 0 spiro atoms. The van der Waals surface area contributed by atoms with E-state index in [2.05, 4.69) is 10.3 Å². The van der Waals surface area contributed by atoms with E-state index in [9.17, 15) is 14.7 Å². The molecular weight excluding hydrogens is 386 g/mol. The van der Waals surface area contributed by atoms with Crippen molar-refractivity contribution in [2.24, 2.45) is 5.41 Å². The number of hydrogen-bond donors (Lipinski definition) is 2. The summed E-state index contributed by atoms with van der Waals surface area (Å²) in [6, 6.07) is 7.42. The number of amides is 2. The van der Waals surface area contributed by atoms with Crippen molar-refractivity contribution < 1.29 is 14.7 Å². The summed E-state index contributed by atoms with van der Waals surface area (Å²) >= 11 is 1.61. The van der Waals surface area contributed by atoms with E-state index >= 15 is 0 Å². The zero-order valence-electron chi connectivity index (χ0n) is 17.4. The van der Waals surface area contributed by atoms with Crippen LogP contribution in [0.15, 0.2) is 29.8 Å². The minimum absolute atomic E-state index is 0.0847. The van der Waals surface area contributed by atoms with Gasteiger partial charge in [-0.05, 0) is 23.5 Å². The first-order valence-corrected chi connectivity index (χ1v) is 10.8. The molecule has 0 bridgehead atoms. The Labute approximate surface area is 176 Å². The molecule has 0 aliphatic carbocycles. The van der Waals surface area contributed by atoms with Crippen LogP contribution in [0.1, 0.15) is 44.9 Å². The standard InChI is InChI=1S/C22H29N3O3S/c1-14-20(29-13-24-14)16-7-5-15(6-8-16)11-23-21(28)18-9-17(26)12-25(18)19(27)10-22(2,3)4/h5-8,13,17-18,26H,9-12H2,1-4H3,(H,23,28)/t17?,18-/m1/s1. The highest BCUT2D eigenvalue weighted by Crippen LogP contribution is 2.27. The molecule has 2 atom stereocenters. The van der Waals surface area contributed by atoms with Gasteiger partial charge in [0.05, 0.1) is 22.2 Å². The van der Waals surface area contributed by atoms with Crippen molar-refractivity contribution >= 4 is 23.2 Å². The fourth-order valence-corrected chi connectivity index (χ4v) is 4.36. The minimum Gasteiger partial charge on any atom is -0.391 e. The van der Waals surface area contributed by atoms with Crippen molar-refractivity contribution in [2.75, 3.05) is 6.54 Å². The van der Waals surface area contributed by atoms with Crippen LogP contribution in [-0.4, -0.2) is 45.5 Å². The minimum atomic E-state index is -0.656. The molecule has 7 heteroatoms. The van der Waals surface area contributed by atoms with Crippen molar-refractivity contribution in [3.8, 4) is 10.4 Å². The molecule has 2 amide bonds.